The smallest absolute Gasteiger partial charge is 0.120 e. The summed E-state index contributed by atoms with van der Waals surface area (Å²) in [5, 5.41) is 6.12. The lowest BCUT2D eigenvalue weighted by Crippen LogP contribution is -2.49. The van der Waals surface area contributed by atoms with Gasteiger partial charge < -0.3 is 5.32 Å². The quantitative estimate of drug-likeness (QED) is 0.744. The van der Waals surface area contributed by atoms with Crippen LogP contribution in [0.15, 0.2) is 48.8 Å². The maximum absolute atomic E-state index is 4.61. The maximum atomic E-state index is 4.61. The minimum atomic E-state index is -0.0931. The van der Waals surface area contributed by atoms with Gasteiger partial charge in [-0.2, -0.15) is 0 Å². The summed E-state index contributed by atoms with van der Waals surface area (Å²) in [6.07, 6.45) is 4.19. The highest BCUT2D eigenvalue weighted by atomic mass is 15.2. The lowest BCUT2D eigenvalue weighted by Gasteiger charge is -2.29. The number of rotatable bonds is 1. The van der Waals surface area contributed by atoms with Crippen molar-refractivity contribution in [1.29, 1.82) is 0 Å². The fourth-order valence-corrected chi connectivity index (χ4v) is 3.19. The lowest BCUT2D eigenvalue weighted by atomic mass is 9.99. The Morgan fingerprint density at radius 1 is 1.05 bits per heavy atom. The molecule has 0 unspecified atom stereocenters. The van der Waals surface area contributed by atoms with Crippen LogP contribution in [0.1, 0.15) is 19.4 Å². The number of nitrogens with one attached hydrogen (secondary N) is 1. The van der Waals surface area contributed by atoms with Gasteiger partial charge in [-0.05, 0) is 37.6 Å². The van der Waals surface area contributed by atoms with Crippen molar-refractivity contribution >= 4 is 22.9 Å². The minimum absolute atomic E-state index is 0.0931. The Morgan fingerprint density at radius 2 is 1.86 bits per heavy atom. The van der Waals surface area contributed by atoms with Crippen molar-refractivity contribution in [3.05, 3.63) is 64.8 Å². The van der Waals surface area contributed by atoms with E-state index in [0.29, 0.717) is 0 Å². The normalized spacial score (nSPS) is 16.0. The summed E-state index contributed by atoms with van der Waals surface area (Å²) in [5.41, 5.74) is 3.30. The molecule has 22 heavy (non-hydrogen) atoms. The van der Waals surface area contributed by atoms with Gasteiger partial charge in [-0.1, -0.05) is 42.5 Å². The number of imidazole rings is 1. The molecular formula is C19H19N3. The summed E-state index contributed by atoms with van der Waals surface area (Å²) in [5.74, 6) is 1.09. The Hall–Kier alpha value is -2.55. The molecule has 4 rings (SSSR count). The first-order chi connectivity index (χ1) is 10.6. The topological polar surface area (TPSA) is 29.9 Å². The maximum Gasteiger partial charge on any atom is 0.120 e. The fraction of sp³-hybridized carbons (Fsp3) is 0.211. The molecule has 3 nitrogen and oxygen atoms in total. The summed E-state index contributed by atoms with van der Waals surface area (Å²) in [6, 6.07) is 14.8. The van der Waals surface area contributed by atoms with Gasteiger partial charge in [0, 0.05) is 5.22 Å². The average molecular weight is 289 g/mol. The van der Waals surface area contributed by atoms with Gasteiger partial charge in [0.25, 0.3) is 0 Å². The van der Waals surface area contributed by atoms with Crippen molar-refractivity contribution in [2.45, 2.75) is 26.3 Å². The van der Waals surface area contributed by atoms with E-state index in [4.69, 9.17) is 0 Å². The van der Waals surface area contributed by atoms with E-state index in [9.17, 15) is 0 Å². The third-order valence-corrected chi connectivity index (χ3v) is 4.19. The zero-order chi connectivity index (χ0) is 15.3. The summed E-state index contributed by atoms with van der Waals surface area (Å²) >= 11 is 0. The highest BCUT2D eigenvalue weighted by molar-refractivity contribution is 5.82. The second kappa shape index (κ2) is 4.47. The number of benzene rings is 2. The predicted octanol–water partition coefficient (Wildman–Crippen LogP) is 2.12. The molecule has 0 saturated heterocycles. The second-order valence-corrected chi connectivity index (χ2v) is 6.48. The highest BCUT2D eigenvalue weighted by Gasteiger charge is 2.21. The van der Waals surface area contributed by atoms with Crippen LogP contribution in [0.3, 0.4) is 0 Å². The van der Waals surface area contributed by atoms with E-state index in [0.717, 1.165) is 16.9 Å². The summed E-state index contributed by atoms with van der Waals surface area (Å²) < 4.78 is 2.16. The van der Waals surface area contributed by atoms with Gasteiger partial charge in [0.2, 0.25) is 0 Å². The monoisotopic (exact) mass is 289 g/mol. The molecule has 1 N–H and O–H groups in total. The third kappa shape index (κ3) is 1.93. The third-order valence-electron chi connectivity index (χ3n) is 4.19. The van der Waals surface area contributed by atoms with Crippen molar-refractivity contribution in [2.75, 3.05) is 0 Å². The van der Waals surface area contributed by atoms with Gasteiger partial charge in [0.15, 0.2) is 0 Å². The van der Waals surface area contributed by atoms with E-state index in [1.54, 1.807) is 0 Å². The molecule has 2 aromatic carbocycles. The van der Waals surface area contributed by atoms with E-state index in [2.05, 4.69) is 84.2 Å². The summed E-state index contributed by atoms with van der Waals surface area (Å²) in [6.45, 7) is 6.48. The molecule has 2 heterocycles. The van der Waals surface area contributed by atoms with Crippen molar-refractivity contribution < 1.29 is 0 Å². The number of aromatic nitrogens is 2. The van der Waals surface area contributed by atoms with E-state index in [1.807, 2.05) is 6.33 Å². The van der Waals surface area contributed by atoms with Crippen LogP contribution in [0, 0.1) is 6.92 Å². The van der Waals surface area contributed by atoms with Gasteiger partial charge in [-0.15, -0.1) is 0 Å². The molecule has 0 atom stereocenters. The van der Waals surface area contributed by atoms with Crippen molar-refractivity contribution in [3.8, 4) is 0 Å². The van der Waals surface area contributed by atoms with Crippen molar-refractivity contribution in [2.24, 2.45) is 0 Å². The van der Waals surface area contributed by atoms with Gasteiger partial charge in [-0.3, -0.25) is 4.57 Å². The second-order valence-electron chi connectivity index (χ2n) is 6.48. The number of fused-ring (bicyclic) bond motifs is 2. The lowest BCUT2D eigenvalue weighted by molar-refractivity contribution is 0.573. The number of nitrogens with zero attached hydrogens (tertiary/aromatic N) is 2. The Morgan fingerprint density at radius 3 is 2.73 bits per heavy atom. The molecule has 3 aromatic rings. The van der Waals surface area contributed by atoms with E-state index < -0.39 is 0 Å². The predicted molar refractivity (Wildman–Crippen MR) is 90.6 cm³/mol. The van der Waals surface area contributed by atoms with Crippen LogP contribution in [0.5, 0.6) is 0 Å². The first-order valence-electron chi connectivity index (χ1n) is 7.59. The first kappa shape index (κ1) is 13.1. The Labute approximate surface area is 129 Å². The van der Waals surface area contributed by atoms with Crippen molar-refractivity contribution in [3.63, 3.8) is 0 Å². The highest BCUT2D eigenvalue weighted by Crippen LogP contribution is 2.20. The van der Waals surface area contributed by atoms with E-state index >= 15 is 0 Å². The largest absolute Gasteiger partial charge is 0.362 e. The van der Waals surface area contributed by atoms with Crippen LogP contribution in [0.2, 0.25) is 0 Å². The SMILES string of the molecule is Cc1cccc2c1ncn2C1=c2ccccc2=CC(C)(C)N1. The molecule has 1 aromatic heterocycles. The molecule has 0 saturated carbocycles. The Balaban J connectivity index is 2.10. The molecule has 0 spiro atoms. The van der Waals surface area contributed by atoms with Crippen LogP contribution in [0.25, 0.3) is 22.9 Å². The van der Waals surface area contributed by atoms with Gasteiger partial charge in [0.1, 0.15) is 12.1 Å². The molecule has 1 aliphatic rings. The van der Waals surface area contributed by atoms with Gasteiger partial charge in [-0.25, -0.2) is 4.98 Å². The standard InChI is InChI=1S/C19H19N3/c1-13-7-6-10-16-17(13)20-12-22(16)18-15-9-5-4-8-14(15)11-19(2,3)21-18/h4-12,21H,1-3H3. The summed E-state index contributed by atoms with van der Waals surface area (Å²) in [7, 11) is 0. The first-order valence-corrected chi connectivity index (χ1v) is 7.59. The molecule has 0 amide bonds. The van der Waals surface area contributed by atoms with Gasteiger partial charge >= 0.3 is 0 Å². The zero-order valence-corrected chi connectivity index (χ0v) is 13.1. The van der Waals surface area contributed by atoms with Crippen molar-refractivity contribution in [1.82, 2.24) is 14.9 Å². The van der Waals surface area contributed by atoms with Crippen LogP contribution in [-0.2, 0) is 0 Å². The van der Waals surface area contributed by atoms with Crippen LogP contribution in [-0.4, -0.2) is 15.1 Å². The molecule has 0 radical (unpaired) electrons. The molecular weight excluding hydrogens is 270 g/mol. The number of hydrogen-bond donors (Lipinski definition) is 1. The van der Waals surface area contributed by atoms with Gasteiger partial charge in [0.05, 0.1) is 16.6 Å². The van der Waals surface area contributed by atoms with E-state index in [-0.39, 0.29) is 5.54 Å². The minimum Gasteiger partial charge on any atom is -0.362 e. The van der Waals surface area contributed by atoms with E-state index in [1.165, 1.54) is 16.0 Å². The number of para-hydroxylation sites is 1. The fourth-order valence-electron chi connectivity index (χ4n) is 3.19. The Bertz CT molecular complexity index is 993. The van der Waals surface area contributed by atoms with Crippen LogP contribution in [0.4, 0.5) is 0 Å². The number of aryl methyl sites for hydroxylation is 1. The summed E-state index contributed by atoms with van der Waals surface area (Å²) in [4.78, 5) is 4.61. The molecule has 0 bridgehead atoms. The van der Waals surface area contributed by atoms with Crippen LogP contribution >= 0.6 is 0 Å². The molecule has 0 aliphatic carbocycles. The Kier molecular flexibility index (Phi) is 2.67. The number of hydrogen-bond acceptors (Lipinski definition) is 2. The molecule has 1 aliphatic heterocycles. The molecule has 110 valence electrons. The zero-order valence-electron chi connectivity index (χ0n) is 13.1. The van der Waals surface area contributed by atoms with Crippen LogP contribution < -0.4 is 15.8 Å². The molecule has 0 fully saturated rings. The molecule has 3 heteroatoms. The average Bonchev–Trinajstić information content (AvgIpc) is 2.91.